The summed E-state index contributed by atoms with van der Waals surface area (Å²) in [5.74, 6) is -0.151. The average molecular weight is 304 g/mol. The van der Waals surface area contributed by atoms with Gasteiger partial charge in [-0.05, 0) is 30.5 Å². The first-order valence-electron chi connectivity index (χ1n) is 7.23. The summed E-state index contributed by atoms with van der Waals surface area (Å²) in [7, 11) is 1.61. The summed E-state index contributed by atoms with van der Waals surface area (Å²) >= 11 is 0. The predicted octanol–water partition coefficient (Wildman–Crippen LogP) is 2.09. The van der Waals surface area contributed by atoms with Crippen LogP contribution in [-0.4, -0.2) is 35.6 Å². The molecular formula is C16H20N2O4. The number of unbranched alkanes of at least 4 members (excludes halogenated alkanes) is 1. The number of carboxylic acid groups (broad SMARTS) is 1. The summed E-state index contributed by atoms with van der Waals surface area (Å²) < 4.78 is 5.34. The van der Waals surface area contributed by atoms with E-state index in [2.05, 4.69) is 10.3 Å². The second-order valence-corrected chi connectivity index (χ2v) is 5.07. The van der Waals surface area contributed by atoms with Gasteiger partial charge in [-0.2, -0.15) is 0 Å². The van der Waals surface area contributed by atoms with Crippen molar-refractivity contribution in [1.82, 2.24) is 10.3 Å². The second-order valence-electron chi connectivity index (χ2n) is 5.07. The molecule has 6 heteroatoms. The number of hydrogen-bond acceptors (Lipinski definition) is 3. The molecule has 0 fully saturated rings. The normalized spacial score (nSPS) is 10.6. The monoisotopic (exact) mass is 304 g/mol. The first-order valence-corrected chi connectivity index (χ1v) is 7.23. The fraction of sp³-hybridized carbons (Fsp3) is 0.375. The van der Waals surface area contributed by atoms with Gasteiger partial charge in [0.25, 0.3) is 0 Å². The van der Waals surface area contributed by atoms with E-state index in [4.69, 9.17) is 9.84 Å². The van der Waals surface area contributed by atoms with Gasteiger partial charge in [-0.1, -0.05) is 6.07 Å². The standard InChI is InChI=1S/C16H20N2O4/c1-22-13-6-4-5-12-16(13)11(10-18-12)9-14(19)17-8-3-2-7-15(20)21/h4-6,10,18H,2-3,7-9H2,1H3,(H,17,19)(H,20,21). The SMILES string of the molecule is COc1cccc2[nH]cc(CC(=O)NCCCCC(=O)O)c12. The fourth-order valence-corrected chi connectivity index (χ4v) is 2.39. The number of methoxy groups -OCH3 is 1. The maximum absolute atomic E-state index is 12.0. The molecule has 0 bridgehead atoms. The summed E-state index contributed by atoms with van der Waals surface area (Å²) in [6.45, 7) is 0.492. The number of nitrogens with one attached hydrogen (secondary N) is 2. The van der Waals surface area contributed by atoms with Crippen molar-refractivity contribution in [3.05, 3.63) is 30.0 Å². The number of benzene rings is 1. The van der Waals surface area contributed by atoms with E-state index in [1.807, 2.05) is 24.4 Å². The lowest BCUT2D eigenvalue weighted by atomic mass is 10.1. The van der Waals surface area contributed by atoms with Crippen LogP contribution < -0.4 is 10.1 Å². The van der Waals surface area contributed by atoms with E-state index in [1.165, 1.54) is 0 Å². The number of aromatic nitrogens is 1. The third kappa shape index (κ3) is 4.00. The van der Waals surface area contributed by atoms with Crippen LogP contribution in [0, 0.1) is 0 Å². The van der Waals surface area contributed by atoms with Crippen molar-refractivity contribution in [1.29, 1.82) is 0 Å². The quantitative estimate of drug-likeness (QED) is 0.651. The van der Waals surface area contributed by atoms with Crippen LogP contribution in [0.25, 0.3) is 10.9 Å². The number of carbonyl (C=O) groups is 2. The van der Waals surface area contributed by atoms with Gasteiger partial charge in [-0.3, -0.25) is 9.59 Å². The lowest BCUT2D eigenvalue weighted by molar-refractivity contribution is -0.137. The molecule has 6 nitrogen and oxygen atoms in total. The van der Waals surface area contributed by atoms with Crippen molar-refractivity contribution < 1.29 is 19.4 Å². The molecule has 1 aromatic heterocycles. The first kappa shape index (κ1) is 15.9. The highest BCUT2D eigenvalue weighted by Crippen LogP contribution is 2.28. The third-order valence-corrected chi connectivity index (χ3v) is 3.46. The van der Waals surface area contributed by atoms with E-state index >= 15 is 0 Å². The number of carbonyl (C=O) groups excluding carboxylic acids is 1. The van der Waals surface area contributed by atoms with Gasteiger partial charge in [0.2, 0.25) is 5.91 Å². The molecule has 118 valence electrons. The van der Waals surface area contributed by atoms with Crippen LogP contribution >= 0.6 is 0 Å². The van der Waals surface area contributed by atoms with Crippen LogP contribution in [0.15, 0.2) is 24.4 Å². The first-order chi connectivity index (χ1) is 10.6. The molecule has 1 heterocycles. The van der Waals surface area contributed by atoms with Crippen LogP contribution in [0.3, 0.4) is 0 Å². The molecule has 2 aromatic rings. The third-order valence-electron chi connectivity index (χ3n) is 3.46. The van der Waals surface area contributed by atoms with Gasteiger partial charge in [0.15, 0.2) is 0 Å². The van der Waals surface area contributed by atoms with Crippen LogP contribution in [0.1, 0.15) is 24.8 Å². The molecular weight excluding hydrogens is 284 g/mol. The number of carboxylic acids is 1. The Bertz CT molecular complexity index is 663. The smallest absolute Gasteiger partial charge is 0.303 e. The number of fused-ring (bicyclic) bond motifs is 1. The molecule has 1 amide bonds. The Labute approximate surface area is 128 Å². The predicted molar refractivity (Wildman–Crippen MR) is 83.1 cm³/mol. The van der Waals surface area contributed by atoms with Gasteiger partial charge < -0.3 is 20.1 Å². The Kier molecular flexibility index (Phi) is 5.41. The van der Waals surface area contributed by atoms with Crippen LogP contribution in [0.5, 0.6) is 5.75 Å². The lowest BCUT2D eigenvalue weighted by Gasteiger charge is -2.06. The number of hydrogen-bond donors (Lipinski definition) is 3. The minimum atomic E-state index is -0.808. The van der Waals surface area contributed by atoms with Gasteiger partial charge in [0.05, 0.1) is 13.5 Å². The molecule has 2 rings (SSSR count). The molecule has 0 aliphatic heterocycles. The number of amides is 1. The van der Waals surface area contributed by atoms with E-state index in [1.54, 1.807) is 7.11 Å². The molecule has 0 atom stereocenters. The molecule has 1 aromatic carbocycles. The average Bonchev–Trinajstić information content (AvgIpc) is 2.89. The summed E-state index contributed by atoms with van der Waals surface area (Å²) in [5, 5.41) is 12.3. The Morgan fingerprint density at radius 2 is 2.14 bits per heavy atom. The molecule has 0 radical (unpaired) electrons. The highest BCUT2D eigenvalue weighted by molar-refractivity contribution is 5.93. The Balaban J connectivity index is 1.91. The Morgan fingerprint density at radius 1 is 1.32 bits per heavy atom. The number of aromatic amines is 1. The van der Waals surface area contributed by atoms with Crippen molar-refractivity contribution in [3.63, 3.8) is 0 Å². The zero-order valence-corrected chi connectivity index (χ0v) is 12.5. The Hall–Kier alpha value is -2.50. The van der Waals surface area contributed by atoms with Crippen molar-refractivity contribution >= 4 is 22.8 Å². The van der Waals surface area contributed by atoms with Gasteiger partial charge in [0.1, 0.15) is 5.75 Å². The maximum Gasteiger partial charge on any atom is 0.303 e. The zero-order chi connectivity index (χ0) is 15.9. The largest absolute Gasteiger partial charge is 0.496 e. The molecule has 0 saturated carbocycles. The molecule has 22 heavy (non-hydrogen) atoms. The maximum atomic E-state index is 12.0. The number of rotatable bonds is 8. The van der Waals surface area contributed by atoms with Gasteiger partial charge in [0, 0.05) is 30.1 Å². The highest BCUT2D eigenvalue weighted by atomic mass is 16.5. The van der Waals surface area contributed by atoms with Crippen LogP contribution in [-0.2, 0) is 16.0 Å². The minimum absolute atomic E-state index is 0.0814. The number of aliphatic carboxylic acids is 1. The van der Waals surface area contributed by atoms with Gasteiger partial charge in [-0.25, -0.2) is 0 Å². The fourth-order valence-electron chi connectivity index (χ4n) is 2.39. The topological polar surface area (TPSA) is 91.4 Å². The minimum Gasteiger partial charge on any atom is -0.496 e. The second kappa shape index (κ2) is 7.49. The van der Waals surface area contributed by atoms with Crippen molar-refractivity contribution in [2.75, 3.05) is 13.7 Å². The summed E-state index contributed by atoms with van der Waals surface area (Å²) in [6.07, 6.45) is 3.44. The highest BCUT2D eigenvalue weighted by Gasteiger charge is 2.12. The van der Waals surface area contributed by atoms with E-state index in [-0.39, 0.29) is 18.7 Å². The molecule has 0 unspecified atom stereocenters. The molecule has 0 saturated heterocycles. The van der Waals surface area contributed by atoms with Crippen molar-refractivity contribution in [3.8, 4) is 5.75 Å². The lowest BCUT2D eigenvalue weighted by Crippen LogP contribution is -2.26. The van der Waals surface area contributed by atoms with Crippen molar-refractivity contribution in [2.24, 2.45) is 0 Å². The summed E-state index contributed by atoms with van der Waals surface area (Å²) in [4.78, 5) is 25.5. The van der Waals surface area contributed by atoms with Crippen molar-refractivity contribution in [2.45, 2.75) is 25.7 Å². The molecule has 0 aliphatic carbocycles. The molecule has 0 aliphatic rings. The van der Waals surface area contributed by atoms with Crippen LogP contribution in [0.4, 0.5) is 0 Å². The molecule has 3 N–H and O–H groups in total. The summed E-state index contributed by atoms with van der Waals surface area (Å²) in [6, 6.07) is 5.69. The van der Waals surface area contributed by atoms with Crippen LogP contribution in [0.2, 0.25) is 0 Å². The van der Waals surface area contributed by atoms with E-state index < -0.39 is 5.97 Å². The van der Waals surface area contributed by atoms with E-state index in [9.17, 15) is 9.59 Å². The van der Waals surface area contributed by atoms with Gasteiger partial charge in [-0.15, -0.1) is 0 Å². The zero-order valence-electron chi connectivity index (χ0n) is 12.5. The van der Waals surface area contributed by atoms with E-state index in [0.29, 0.717) is 19.4 Å². The van der Waals surface area contributed by atoms with E-state index in [0.717, 1.165) is 22.2 Å². The van der Waals surface area contributed by atoms with Gasteiger partial charge >= 0.3 is 5.97 Å². The number of H-pyrrole nitrogens is 1. The number of ether oxygens (including phenoxy) is 1. The Morgan fingerprint density at radius 3 is 2.86 bits per heavy atom. The summed E-state index contributed by atoms with van der Waals surface area (Å²) in [5.41, 5.74) is 1.82. The molecule has 0 spiro atoms.